The zero-order chi connectivity index (χ0) is 39.3. The van der Waals surface area contributed by atoms with E-state index in [0.717, 1.165) is 75.7 Å². The molecule has 8 rings (SSSR count). The SMILES string of the molecule is CCn1c(-c2cccnc2[C@H](C)OC)c2c3cc(ccc31)-c1csc(n1)C[C@H](NC(=O)N1C[C@H]3CCN(C)C[C@H]31)C(=O)N1CCC[C@H](N1)C(=O)OCC(C)(C)C2. The summed E-state index contributed by atoms with van der Waals surface area (Å²) in [5, 5.41) is 8.48. The number of fused-ring (bicyclic) bond motifs is 7. The zero-order valence-electron chi connectivity index (χ0n) is 33.3. The van der Waals surface area contributed by atoms with E-state index < -0.39 is 23.5 Å². The molecule has 5 atom stereocenters. The highest BCUT2D eigenvalue weighted by atomic mass is 32.1. The Bertz CT molecular complexity index is 2130. The molecule has 3 saturated heterocycles. The second kappa shape index (κ2) is 15.5. The number of hydrogen-bond acceptors (Lipinski definition) is 10. The van der Waals surface area contributed by atoms with Crippen molar-refractivity contribution in [3.63, 3.8) is 0 Å². The number of thiazole rings is 1. The van der Waals surface area contributed by atoms with Crippen molar-refractivity contribution >= 4 is 40.1 Å². The number of esters is 1. The number of nitrogens with zero attached hydrogens (tertiary/aromatic N) is 6. The highest BCUT2D eigenvalue weighted by molar-refractivity contribution is 7.10. The molecule has 4 aliphatic heterocycles. The molecule has 0 spiro atoms. The second-order valence-electron chi connectivity index (χ2n) is 16.7. The normalized spacial score (nSPS) is 24.9. The van der Waals surface area contributed by atoms with Gasteiger partial charge in [0.1, 0.15) is 12.1 Å². The van der Waals surface area contributed by atoms with Crippen LogP contribution in [0.1, 0.15) is 69.3 Å². The summed E-state index contributed by atoms with van der Waals surface area (Å²) < 4.78 is 14.2. The number of likely N-dealkylation sites (tertiary alicyclic amines) is 2. The average Bonchev–Trinajstić information content (AvgIpc) is 3.78. The minimum absolute atomic E-state index is 0.141. The number of amides is 3. The van der Waals surface area contributed by atoms with E-state index in [9.17, 15) is 14.4 Å². The molecule has 13 nitrogen and oxygen atoms in total. The van der Waals surface area contributed by atoms with Gasteiger partial charge in [-0.3, -0.25) is 19.6 Å². The fraction of sp³-hybridized carbons (Fsp3) is 0.548. The fourth-order valence-electron chi connectivity index (χ4n) is 8.98. The third kappa shape index (κ3) is 7.32. The standard InChI is InChI=1S/C42H54N8O5S/c1-7-48-34-13-12-26-18-29(34)30(38(48)28-10-8-15-43-37(28)25(2)54-6)20-42(3,4)24-55-40(52)31-11-9-16-50(46-31)39(51)32(19-36-44-33(26)23-56-36)45-41(53)49-21-27-14-17-47(5)22-35(27)49/h8,10,12-13,15,18,23,25,27,31-32,35,46H,7,9,11,14,16-17,19-22,24H2,1-6H3,(H,45,53)/t25-,27+,31-,32-,35+/m0/s1. The predicted molar refractivity (Wildman–Crippen MR) is 216 cm³/mol. The summed E-state index contributed by atoms with van der Waals surface area (Å²) in [5.74, 6) is -0.191. The minimum atomic E-state index is -0.875. The molecule has 298 valence electrons. The van der Waals surface area contributed by atoms with Crippen LogP contribution in [0.3, 0.4) is 0 Å². The first-order valence-electron chi connectivity index (χ1n) is 20.0. The van der Waals surface area contributed by atoms with Crippen LogP contribution in [0.2, 0.25) is 0 Å². The first-order chi connectivity index (χ1) is 26.9. The second-order valence-corrected chi connectivity index (χ2v) is 17.7. The van der Waals surface area contributed by atoms with Crippen LogP contribution in [-0.2, 0) is 38.4 Å². The van der Waals surface area contributed by atoms with Crippen LogP contribution in [0.25, 0.3) is 33.4 Å². The summed E-state index contributed by atoms with van der Waals surface area (Å²) in [4.78, 5) is 55.9. The smallest absolute Gasteiger partial charge is 0.324 e. The van der Waals surface area contributed by atoms with Crippen molar-refractivity contribution in [2.24, 2.45) is 11.3 Å². The lowest BCUT2D eigenvalue weighted by atomic mass is 9.83. The molecule has 4 aliphatic rings. The molecule has 3 fully saturated rings. The molecule has 14 heteroatoms. The largest absolute Gasteiger partial charge is 0.464 e. The number of likely N-dealkylation sites (N-methyl/N-ethyl adjacent to an activating group) is 1. The maximum Gasteiger partial charge on any atom is 0.324 e. The number of hydrogen-bond donors (Lipinski definition) is 2. The molecule has 4 aromatic rings. The number of methoxy groups -OCH3 is 1. The lowest BCUT2D eigenvalue weighted by Gasteiger charge is -2.52. The van der Waals surface area contributed by atoms with Gasteiger partial charge < -0.3 is 29.2 Å². The minimum Gasteiger partial charge on any atom is -0.464 e. The Hall–Kier alpha value is -4.37. The molecule has 2 N–H and O–H groups in total. The van der Waals surface area contributed by atoms with Crippen molar-refractivity contribution in [3.8, 4) is 22.5 Å². The Morgan fingerprint density at radius 3 is 2.82 bits per heavy atom. The lowest BCUT2D eigenvalue weighted by molar-refractivity contribution is -0.155. The number of aromatic nitrogens is 3. The number of benzene rings is 1. The van der Waals surface area contributed by atoms with Crippen LogP contribution in [0, 0.1) is 11.3 Å². The van der Waals surface area contributed by atoms with Crippen molar-refractivity contribution in [2.45, 2.75) is 90.6 Å². The summed E-state index contributed by atoms with van der Waals surface area (Å²) in [7, 11) is 3.79. The fourth-order valence-corrected chi connectivity index (χ4v) is 9.83. The monoisotopic (exact) mass is 782 g/mol. The van der Waals surface area contributed by atoms with Gasteiger partial charge in [0, 0.05) is 78.7 Å². The van der Waals surface area contributed by atoms with Gasteiger partial charge in [-0.1, -0.05) is 19.9 Å². The predicted octanol–water partition coefficient (Wildman–Crippen LogP) is 5.43. The van der Waals surface area contributed by atoms with E-state index in [1.807, 2.05) is 29.5 Å². The van der Waals surface area contributed by atoms with Gasteiger partial charge in [0.15, 0.2) is 0 Å². The van der Waals surface area contributed by atoms with E-state index in [-0.39, 0.29) is 37.1 Å². The van der Waals surface area contributed by atoms with E-state index >= 15 is 0 Å². The van der Waals surface area contributed by atoms with Crippen molar-refractivity contribution in [1.82, 2.24) is 40.1 Å². The van der Waals surface area contributed by atoms with Crippen molar-refractivity contribution < 1.29 is 23.9 Å². The summed E-state index contributed by atoms with van der Waals surface area (Å²) in [6.07, 6.45) is 4.67. The van der Waals surface area contributed by atoms with E-state index in [2.05, 4.69) is 72.3 Å². The van der Waals surface area contributed by atoms with Gasteiger partial charge in [0.05, 0.1) is 40.8 Å². The third-order valence-corrected chi connectivity index (χ3v) is 13.0. The molecule has 0 radical (unpaired) electrons. The zero-order valence-corrected chi connectivity index (χ0v) is 34.2. The molecule has 0 aliphatic carbocycles. The average molecular weight is 783 g/mol. The number of rotatable bonds is 5. The molecule has 3 amide bonds. The molecular weight excluding hydrogens is 729 g/mol. The third-order valence-electron chi connectivity index (χ3n) is 12.2. The van der Waals surface area contributed by atoms with Crippen LogP contribution >= 0.6 is 11.3 Å². The van der Waals surface area contributed by atoms with E-state index in [1.54, 1.807) is 7.11 Å². The number of pyridine rings is 1. The van der Waals surface area contributed by atoms with E-state index in [1.165, 1.54) is 16.3 Å². The number of urea groups is 1. The topological polar surface area (TPSA) is 134 Å². The molecule has 0 unspecified atom stereocenters. The first kappa shape index (κ1) is 38.5. The van der Waals surface area contributed by atoms with Crippen LogP contribution in [0.4, 0.5) is 4.79 Å². The Labute approximate surface area is 332 Å². The number of nitrogens with one attached hydrogen (secondary N) is 2. The molecule has 3 aromatic heterocycles. The first-order valence-corrected chi connectivity index (χ1v) is 20.9. The maximum absolute atomic E-state index is 14.3. The summed E-state index contributed by atoms with van der Waals surface area (Å²) in [6.45, 7) is 12.3. The van der Waals surface area contributed by atoms with Crippen LogP contribution < -0.4 is 10.7 Å². The number of piperidine rings is 1. The lowest BCUT2D eigenvalue weighted by Crippen LogP contribution is -2.68. The highest BCUT2D eigenvalue weighted by Crippen LogP contribution is 2.42. The van der Waals surface area contributed by atoms with Crippen molar-refractivity contribution in [3.05, 3.63) is 58.2 Å². The molecule has 0 saturated carbocycles. The number of hydrazine groups is 1. The van der Waals surface area contributed by atoms with Gasteiger partial charge in [-0.2, -0.15) is 0 Å². The Morgan fingerprint density at radius 2 is 2.02 bits per heavy atom. The Kier molecular flexibility index (Phi) is 10.7. The Balaban J connectivity index is 1.20. The van der Waals surface area contributed by atoms with Gasteiger partial charge >= 0.3 is 12.0 Å². The van der Waals surface area contributed by atoms with Crippen LogP contribution in [0.15, 0.2) is 41.9 Å². The summed E-state index contributed by atoms with van der Waals surface area (Å²) in [6, 6.07) is 8.92. The van der Waals surface area contributed by atoms with Gasteiger partial charge in [-0.25, -0.2) is 15.2 Å². The van der Waals surface area contributed by atoms with Gasteiger partial charge in [-0.15, -0.1) is 11.3 Å². The van der Waals surface area contributed by atoms with Gasteiger partial charge in [0.25, 0.3) is 5.91 Å². The van der Waals surface area contributed by atoms with Crippen LogP contribution in [-0.4, -0.2) is 112 Å². The van der Waals surface area contributed by atoms with Gasteiger partial charge in [-0.05, 0) is 88.9 Å². The molecule has 1 aromatic carbocycles. The number of cyclic esters (lactones) is 1. The van der Waals surface area contributed by atoms with Gasteiger partial charge in [0.2, 0.25) is 0 Å². The highest BCUT2D eigenvalue weighted by Gasteiger charge is 2.45. The molecule has 56 heavy (non-hydrogen) atoms. The number of carbonyl (C=O) groups excluding carboxylic acids is 3. The van der Waals surface area contributed by atoms with Crippen molar-refractivity contribution in [1.29, 1.82) is 0 Å². The van der Waals surface area contributed by atoms with Crippen LogP contribution in [0.5, 0.6) is 0 Å². The molecule has 6 bridgehead atoms. The summed E-state index contributed by atoms with van der Waals surface area (Å²) >= 11 is 1.49. The number of ether oxygens (including phenoxy) is 2. The maximum atomic E-state index is 14.3. The number of carbonyl (C=O) groups is 3. The van der Waals surface area contributed by atoms with E-state index in [0.29, 0.717) is 38.3 Å². The summed E-state index contributed by atoms with van der Waals surface area (Å²) in [5.41, 5.74) is 9.69. The molecule has 7 heterocycles. The van der Waals surface area contributed by atoms with Crippen molar-refractivity contribution in [2.75, 3.05) is 46.9 Å². The Morgan fingerprint density at radius 1 is 1.18 bits per heavy atom. The van der Waals surface area contributed by atoms with E-state index in [4.69, 9.17) is 19.4 Å². The number of aryl methyl sites for hydroxylation is 1. The quantitative estimate of drug-likeness (QED) is 0.254. The molecular formula is C42H54N8O5S.